The molecule has 1 fully saturated rings. The molecular formula is C17H20N2O3. The van der Waals surface area contributed by atoms with Gasteiger partial charge in [-0.25, -0.2) is 0 Å². The van der Waals surface area contributed by atoms with E-state index >= 15 is 0 Å². The molecule has 0 saturated carbocycles. The van der Waals surface area contributed by atoms with Gasteiger partial charge in [0.1, 0.15) is 11.3 Å². The highest BCUT2D eigenvalue weighted by Crippen LogP contribution is 2.19. The number of carbonyl (C=O) groups excluding carboxylic acids is 1. The minimum Gasteiger partial charge on any atom is -0.497 e. The number of aromatic nitrogens is 1. The standard InChI is InChI=1S/C17H20N2O3/c1-11-4-3-7-19(10-11)17(21)14-9-18-15-8-12(22-2)5-6-13(15)16(14)20/h5-6,8-9,11H,3-4,7,10H2,1-2H3,(H,18,20). The summed E-state index contributed by atoms with van der Waals surface area (Å²) in [6.45, 7) is 3.58. The van der Waals surface area contributed by atoms with Gasteiger partial charge in [0.15, 0.2) is 0 Å². The summed E-state index contributed by atoms with van der Waals surface area (Å²) >= 11 is 0. The summed E-state index contributed by atoms with van der Waals surface area (Å²) in [5.41, 5.74) is 0.666. The van der Waals surface area contributed by atoms with Crippen LogP contribution < -0.4 is 10.2 Å². The molecule has 0 bridgehead atoms. The van der Waals surface area contributed by atoms with Crippen molar-refractivity contribution in [1.82, 2.24) is 9.88 Å². The lowest BCUT2D eigenvalue weighted by molar-refractivity contribution is 0.0681. The van der Waals surface area contributed by atoms with Crippen LogP contribution in [0.15, 0.2) is 29.2 Å². The summed E-state index contributed by atoms with van der Waals surface area (Å²) in [4.78, 5) is 30.0. The largest absolute Gasteiger partial charge is 0.497 e. The van der Waals surface area contributed by atoms with Gasteiger partial charge >= 0.3 is 0 Å². The van der Waals surface area contributed by atoms with E-state index in [2.05, 4.69) is 11.9 Å². The number of ether oxygens (including phenoxy) is 1. The van der Waals surface area contributed by atoms with Gasteiger partial charge in [-0.3, -0.25) is 9.59 Å². The Hall–Kier alpha value is -2.30. The van der Waals surface area contributed by atoms with Crippen molar-refractivity contribution in [1.29, 1.82) is 0 Å². The number of benzene rings is 1. The van der Waals surface area contributed by atoms with Crippen LogP contribution in [0.25, 0.3) is 10.9 Å². The first kappa shape index (κ1) is 14.6. The van der Waals surface area contributed by atoms with E-state index in [0.29, 0.717) is 22.6 Å². The van der Waals surface area contributed by atoms with Gasteiger partial charge < -0.3 is 14.6 Å². The van der Waals surface area contributed by atoms with Crippen LogP contribution in [-0.4, -0.2) is 36.0 Å². The summed E-state index contributed by atoms with van der Waals surface area (Å²) in [5, 5.41) is 0.511. The Morgan fingerprint density at radius 3 is 2.95 bits per heavy atom. The third-order valence-corrected chi connectivity index (χ3v) is 4.26. The highest BCUT2D eigenvalue weighted by atomic mass is 16.5. The van der Waals surface area contributed by atoms with E-state index in [-0.39, 0.29) is 16.9 Å². The predicted molar refractivity (Wildman–Crippen MR) is 85.4 cm³/mol. The van der Waals surface area contributed by atoms with Crippen molar-refractivity contribution in [2.45, 2.75) is 19.8 Å². The fourth-order valence-electron chi connectivity index (χ4n) is 3.03. The van der Waals surface area contributed by atoms with Crippen molar-refractivity contribution in [2.24, 2.45) is 5.92 Å². The highest BCUT2D eigenvalue weighted by Gasteiger charge is 2.24. The molecule has 5 nitrogen and oxygen atoms in total. The molecule has 1 saturated heterocycles. The topological polar surface area (TPSA) is 62.4 Å². The first-order valence-electron chi connectivity index (χ1n) is 7.59. The number of H-pyrrole nitrogens is 1. The third kappa shape index (κ3) is 2.58. The average Bonchev–Trinajstić information content (AvgIpc) is 2.54. The second kappa shape index (κ2) is 5.83. The molecule has 0 aliphatic carbocycles. The van der Waals surface area contributed by atoms with E-state index in [1.165, 1.54) is 6.20 Å². The molecule has 22 heavy (non-hydrogen) atoms. The van der Waals surface area contributed by atoms with E-state index < -0.39 is 0 Å². The SMILES string of the molecule is COc1ccc2c(=O)c(C(=O)N3CCCC(C)C3)c[nH]c2c1. The Morgan fingerprint density at radius 1 is 1.41 bits per heavy atom. The molecule has 1 aromatic carbocycles. The second-order valence-electron chi connectivity index (χ2n) is 5.94. The molecule has 5 heteroatoms. The van der Waals surface area contributed by atoms with Crippen LogP contribution in [-0.2, 0) is 0 Å². The number of fused-ring (bicyclic) bond motifs is 1. The minimum atomic E-state index is -0.223. The first-order valence-corrected chi connectivity index (χ1v) is 7.59. The van der Waals surface area contributed by atoms with Crippen LogP contribution in [0, 0.1) is 5.92 Å². The lowest BCUT2D eigenvalue weighted by atomic mass is 9.99. The monoisotopic (exact) mass is 300 g/mol. The van der Waals surface area contributed by atoms with Crippen LogP contribution in [0.5, 0.6) is 5.75 Å². The zero-order valence-corrected chi connectivity index (χ0v) is 12.9. The fraction of sp³-hybridized carbons (Fsp3) is 0.412. The number of rotatable bonds is 2. The molecule has 1 aromatic heterocycles. The molecule has 1 aliphatic rings. The van der Waals surface area contributed by atoms with Gasteiger partial charge in [-0.2, -0.15) is 0 Å². The van der Waals surface area contributed by atoms with Crippen molar-refractivity contribution in [3.8, 4) is 5.75 Å². The van der Waals surface area contributed by atoms with E-state index in [4.69, 9.17) is 4.74 Å². The highest BCUT2D eigenvalue weighted by molar-refractivity contribution is 5.97. The Morgan fingerprint density at radius 2 is 2.23 bits per heavy atom. The number of aromatic amines is 1. The number of piperidine rings is 1. The maximum absolute atomic E-state index is 12.6. The second-order valence-corrected chi connectivity index (χ2v) is 5.94. The van der Waals surface area contributed by atoms with Crippen molar-refractivity contribution in [2.75, 3.05) is 20.2 Å². The molecule has 1 N–H and O–H groups in total. The third-order valence-electron chi connectivity index (χ3n) is 4.26. The smallest absolute Gasteiger partial charge is 0.259 e. The van der Waals surface area contributed by atoms with Crippen molar-refractivity contribution in [3.05, 3.63) is 40.2 Å². The lowest BCUT2D eigenvalue weighted by Crippen LogP contribution is -2.41. The van der Waals surface area contributed by atoms with Gasteiger partial charge in [-0.1, -0.05) is 6.92 Å². The Balaban J connectivity index is 1.99. The molecule has 3 rings (SSSR count). The molecule has 1 amide bonds. The minimum absolute atomic E-state index is 0.175. The van der Waals surface area contributed by atoms with Gasteiger partial charge in [0.25, 0.3) is 5.91 Å². The summed E-state index contributed by atoms with van der Waals surface area (Å²) < 4.78 is 5.15. The number of methoxy groups -OCH3 is 1. The molecule has 1 aliphatic heterocycles. The van der Waals surface area contributed by atoms with Gasteiger partial charge in [-0.15, -0.1) is 0 Å². The maximum atomic E-state index is 12.6. The van der Waals surface area contributed by atoms with Gasteiger partial charge in [0.2, 0.25) is 5.43 Å². The Labute approximate surface area is 128 Å². The van der Waals surface area contributed by atoms with E-state index in [9.17, 15) is 9.59 Å². The summed E-state index contributed by atoms with van der Waals surface area (Å²) in [5.74, 6) is 0.985. The van der Waals surface area contributed by atoms with Crippen molar-refractivity contribution >= 4 is 16.8 Å². The number of nitrogens with zero attached hydrogens (tertiary/aromatic N) is 1. The lowest BCUT2D eigenvalue weighted by Gasteiger charge is -2.30. The number of likely N-dealkylation sites (tertiary alicyclic amines) is 1. The van der Waals surface area contributed by atoms with E-state index in [1.54, 1.807) is 30.2 Å². The first-order chi connectivity index (χ1) is 10.6. The van der Waals surface area contributed by atoms with E-state index in [1.807, 2.05) is 0 Å². The number of pyridine rings is 1. The normalized spacial score (nSPS) is 18.5. The molecule has 0 radical (unpaired) electrons. The van der Waals surface area contributed by atoms with Crippen LogP contribution in [0.3, 0.4) is 0 Å². The molecule has 0 spiro atoms. The van der Waals surface area contributed by atoms with Crippen molar-refractivity contribution in [3.63, 3.8) is 0 Å². The quantitative estimate of drug-likeness (QED) is 0.926. The predicted octanol–water partition coefficient (Wildman–Crippen LogP) is 2.41. The van der Waals surface area contributed by atoms with Crippen LogP contribution >= 0.6 is 0 Å². The zero-order valence-electron chi connectivity index (χ0n) is 12.9. The molecular weight excluding hydrogens is 280 g/mol. The molecule has 2 aromatic rings. The van der Waals surface area contributed by atoms with Crippen molar-refractivity contribution < 1.29 is 9.53 Å². The molecule has 1 unspecified atom stereocenters. The number of amides is 1. The van der Waals surface area contributed by atoms with E-state index in [0.717, 1.165) is 25.9 Å². The summed E-state index contributed by atoms with van der Waals surface area (Å²) in [6, 6.07) is 5.19. The number of hydrogen-bond acceptors (Lipinski definition) is 3. The van der Waals surface area contributed by atoms with Gasteiger partial charge in [0, 0.05) is 30.7 Å². The van der Waals surface area contributed by atoms with Gasteiger partial charge in [0.05, 0.1) is 12.6 Å². The zero-order chi connectivity index (χ0) is 15.7. The van der Waals surface area contributed by atoms with Crippen LogP contribution in [0.4, 0.5) is 0 Å². The summed E-state index contributed by atoms with van der Waals surface area (Å²) in [7, 11) is 1.58. The number of carbonyl (C=O) groups is 1. The fourth-order valence-corrected chi connectivity index (χ4v) is 3.03. The van der Waals surface area contributed by atoms with Crippen LogP contribution in [0.2, 0.25) is 0 Å². The summed E-state index contributed by atoms with van der Waals surface area (Å²) in [6.07, 6.45) is 3.65. The molecule has 2 heterocycles. The number of hydrogen-bond donors (Lipinski definition) is 1. The maximum Gasteiger partial charge on any atom is 0.259 e. The molecule has 1 atom stereocenters. The van der Waals surface area contributed by atoms with Gasteiger partial charge in [-0.05, 0) is 30.9 Å². The number of nitrogens with one attached hydrogen (secondary N) is 1. The molecule has 116 valence electrons. The Bertz CT molecular complexity index is 766. The van der Waals surface area contributed by atoms with Crippen LogP contribution in [0.1, 0.15) is 30.1 Å². The Kier molecular flexibility index (Phi) is 3.88. The average molecular weight is 300 g/mol.